The second-order valence-corrected chi connectivity index (χ2v) is 5.48. The van der Waals surface area contributed by atoms with Gasteiger partial charge in [0.2, 0.25) is 0 Å². The first-order valence-corrected chi connectivity index (χ1v) is 8.43. The van der Waals surface area contributed by atoms with Gasteiger partial charge in [0.05, 0.1) is 0 Å². The van der Waals surface area contributed by atoms with Crippen LogP contribution in [0.2, 0.25) is 0 Å². The summed E-state index contributed by atoms with van der Waals surface area (Å²) in [6, 6.07) is 0. The van der Waals surface area contributed by atoms with E-state index in [2.05, 4.69) is 35.4 Å². The Balaban J connectivity index is 5.06. The van der Waals surface area contributed by atoms with Gasteiger partial charge < -0.3 is 15.5 Å². The monoisotopic (exact) mass is 352 g/mol. The van der Waals surface area contributed by atoms with E-state index in [0.29, 0.717) is 0 Å². The molecular weight excluding hydrogens is 320 g/mol. The smallest absolute Gasteiger partial charge is 0.105 e. The molecule has 0 amide bonds. The Hall–Kier alpha value is -3.01. The fourth-order valence-corrected chi connectivity index (χ4v) is 1.59. The molecule has 0 heterocycles. The molecule has 0 saturated carbocycles. The second-order valence-electron chi connectivity index (χ2n) is 5.48. The third-order valence-electron chi connectivity index (χ3n) is 3.56. The van der Waals surface area contributed by atoms with Crippen LogP contribution in [0, 0.1) is 0 Å². The Morgan fingerprint density at radius 3 is 2.38 bits per heavy atom. The summed E-state index contributed by atoms with van der Waals surface area (Å²) < 4.78 is 0. The normalized spacial score (nSPS) is 13.9. The molecule has 0 aromatic carbocycles. The van der Waals surface area contributed by atoms with Crippen LogP contribution in [0.15, 0.2) is 102 Å². The third kappa shape index (κ3) is 9.33. The highest BCUT2D eigenvalue weighted by Gasteiger charge is 1.98. The largest absolute Gasteiger partial charge is 0.390 e. The van der Waals surface area contributed by atoms with Crippen molar-refractivity contribution in [3.05, 3.63) is 97.3 Å². The molecule has 0 radical (unpaired) electrons. The minimum atomic E-state index is 0.845. The Labute approximate surface area is 159 Å². The molecule has 0 spiro atoms. The highest BCUT2D eigenvalue weighted by molar-refractivity contribution is 5.81. The van der Waals surface area contributed by atoms with Crippen LogP contribution in [0.25, 0.3) is 0 Å². The van der Waals surface area contributed by atoms with Gasteiger partial charge in [-0.1, -0.05) is 44.0 Å². The van der Waals surface area contributed by atoms with Crippen molar-refractivity contribution in [2.75, 3.05) is 14.1 Å². The summed E-state index contributed by atoms with van der Waals surface area (Å²) in [5.41, 5.74) is 3.71. The summed E-state index contributed by atoms with van der Waals surface area (Å²) in [6.45, 7) is 17.5. The highest BCUT2D eigenvalue weighted by Crippen LogP contribution is 2.11. The maximum Gasteiger partial charge on any atom is 0.105 e. The molecule has 140 valence electrons. The molecule has 26 heavy (non-hydrogen) atoms. The molecular formula is C22H32N4. The number of nitrogens with zero attached hydrogens (tertiary/aromatic N) is 2. The van der Waals surface area contributed by atoms with Crippen molar-refractivity contribution in [2.45, 2.75) is 20.8 Å². The van der Waals surface area contributed by atoms with Crippen molar-refractivity contribution in [1.82, 2.24) is 15.5 Å². The molecule has 2 N–H and O–H groups in total. The van der Waals surface area contributed by atoms with Crippen LogP contribution in [-0.2, 0) is 0 Å². The molecule has 0 saturated heterocycles. The number of allylic oxidation sites excluding steroid dienone is 9. The number of aliphatic imine (C=N–C) groups is 1. The van der Waals surface area contributed by atoms with Gasteiger partial charge in [0, 0.05) is 44.1 Å². The summed E-state index contributed by atoms with van der Waals surface area (Å²) in [7, 11) is 3.81. The Morgan fingerprint density at radius 2 is 1.85 bits per heavy atom. The molecule has 0 rings (SSSR count). The van der Waals surface area contributed by atoms with Crippen LogP contribution in [0.3, 0.4) is 0 Å². The van der Waals surface area contributed by atoms with E-state index in [0.717, 1.165) is 28.4 Å². The standard InChI is InChI=1S/C22H32N4/c1-9-12-13-22(11-3)25-17-21(10-2)18(4)14-15-26(8)20(6)24-16-19(5)23-7/h9-17,23,25H,1-2,4H2,3,5-8H3/b13-12-,15-14-,19-16+,21-17+,22-11+,24-20?. The van der Waals surface area contributed by atoms with Crippen LogP contribution >= 0.6 is 0 Å². The fraction of sp³-hybridized carbons (Fsp3) is 0.227. The topological polar surface area (TPSA) is 39.7 Å². The van der Waals surface area contributed by atoms with Crippen LogP contribution < -0.4 is 10.6 Å². The van der Waals surface area contributed by atoms with E-state index in [1.54, 1.807) is 18.4 Å². The van der Waals surface area contributed by atoms with Crippen molar-refractivity contribution >= 4 is 5.84 Å². The minimum Gasteiger partial charge on any atom is -0.390 e. The molecule has 4 heteroatoms. The molecule has 0 bridgehead atoms. The first-order chi connectivity index (χ1) is 12.4. The van der Waals surface area contributed by atoms with E-state index in [4.69, 9.17) is 0 Å². The lowest BCUT2D eigenvalue weighted by atomic mass is 10.1. The zero-order valence-corrected chi connectivity index (χ0v) is 16.7. The molecule has 0 atom stereocenters. The number of nitrogens with one attached hydrogen (secondary N) is 2. The minimum absolute atomic E-state index is 0.845. The third-order valence-corrected chi connectivity index (χ3v) is 3.56. The molecule has 0 aliphatic carbocycles. The predicted molar refractivity (Wildman–Crippen MR) is 116 cm³/mol. The molecule has 0 unspecified atom stereocenters. The molecule has 4 nitrogen and oxygen atoms in total. The SMILES string of the molecule is C=C/C=C\C(=C/C)N/C=C(\C=C)C(=C)/C=C\N(C)C(C)=N/C=C(\C)NC. The fourth-order valence-electron chi connectivity index (χ4n) is 1.59. The lowest BCUT2D eigenvalue weighted by molar-refractivity contribution is 0.682. The van der Waals surface area contributed by atoms with Gasteiger partial charge in [0.1, 0.15) is 5.84 Å². The van der Waals surface area contributed by atoms with Crippen LogP contribution in [0.5, 0.6) is 0 Å². The van der Waals surface area contributed by atoms with Crippen LogP contribution in [0.1, 0.15) is 20.8 Å². The van der Waals surface area contributed by atoms with Crippen LogP contribution in [-0.4, -0.2) is 24.8 Å². The van der Waals surface area contributed by atoms with E-state index in [1.165, 1.54) is 0 Å². The van der Waals surface area contributed by atoms with Crippen LogP contribution in [0.4, 0.5) is 0 Å². The molecule has 0 fully saturated rings. The summed E-state index contributed by atoms with van der Waals surface area (Å²) in [6.07, 6.45) is 16.8. The van der Waals surface area contributed by atoms with Gasteiger partial charge in [-0.05, 0) is 44.1 Å². The summed E-state index contributed by atoms with van der Waals surface area (Å²) >= 11 is 0. The van der Waals surface area contributed by atoms with Crippen molar-refractivity contribution < 1.29 is 0 Å². The van der Waals surface area contributed by atoms with Crippen molar-refractivity contribution in [3.63, 3.8) is 0 Å². The molecule has 0 aliphatic heterocycles. The average molecular weight is 353 g/mol. The average Bonchev–Trinajstić information content (AvgIpc) is 2.66. The van der Waals surface area contributed by atoms with E-state index in [1.807, 2.05) is 76.5 Å². The van der Waals surface area contributed by atoms with E-state index in [9.17, 15) is 0 Å². The highest BCUT2D eigenvalue weighted by atomic mass is 15.1. The lowest BCUT2D eigenvalue weighted by Gasteiger charge is -2.13. The van der Waals surface area contributed by atoms with Gasteiger partial charge in [-0.25, -0.2) is 4.99 Å². The quantitative estimate of drug-likeness (QED) is 0.337. The summed E-state index contributed by atoms with van der Waals surface area (Å²) in [5, 5.41) is 6.27. The summed E-state index contributed by atoms with van der Waals surface area (Å²) in [5.74, 6) is 0.872. The maximum atomic E-state index is 4.40. The number of amidine groups is 1. The van der Waals surface area contributed by atoms with Gasteiger partial charge in [-0.3, -0.25) is 0 Å². The number of hydrogen-bond acceptors (Lipinski definition) is 3. The Morgan fingerprint density at radius 1 is 1.15 bits per heavy atom. The van der Waals surface area contributed by atoms with Gasteiger partial charge in [-0.15, -0.1) is 0 Å². The first-order valence-electron chi connectivity index (χ1n) is 8.43. The van der Waals surface area contributed by atoms with E-state index in [-0.39, 0.29) is 0 Å². The second kappa shape index (κ2) is 13.3. The molecule has 0 aromatic heterocycles. The van der Waals surface area contributed by atoms with E-state index >= 15 is 0 Å². The number of hydrogen-bond donors (Lipinski definition) is 2. The first kappa shape index (κ1) is 23.0. The van der Waals surface area contributed by atoms with E-state index < -0.39 is 0 Å². The predicted octanol–water partition coefficient (Wildman–Crippen LogP) is 4.79. The van der Waals surface area contributed by atoms with Gasteiger partial charge in [0.15, 0.2) is 0 Å². The zero-order chi connectivity index (χ0) is 19.9. The van der Waals surface area contributed by atoms with Gasteiger partial charge >= 0.3 is 0 Å². The van der Waals surface area contributed by atoms with Crippen molar-refractivity contribution in [2.24, 2.45) is 4.99 Å². The Kier molecular flexibility index (Phi) is 11.8. The van der Waals surface area contributed by atoms with Gasteiger partial charge in [-0.2, -0.15) is 0 Å². The summed E-state index contributed by atoms with van der Waals surface area (Å²) in [4.78, 5) is 6.34. The van der Waals surface area contributed by atoms with Crippen molar-refractivity contribution in [3.8, 4) is 0 Å². The Bertz CT molecular complexity index is 670. The van der Waals surface area contributed by atoms with Crippen molar-refractivity contribution in [1.29, 1.82) is 0 Å². The zero-order valence-electron chi connectivity index (χ0n) is 16.7. The lowest BCUT2D eigenvalue weighted by Crippen LogP contribution is -2.17. The maximum absolute atomic E-state index is 4.40. The number of rotatable bonds is 10. The molecule has 0 aliphatic rings. The molecule has 0 aromatic rings. The van der Waals surface area contributed by atoms with Gasteiger partial charge in [0.25, 0.3) is 0 Å².